The van der Waals surface area contributed by atoms with E-state index in [1.165, 1.54) is 18.8 Å². The highest BCUT2D eigenvalue weighted by Crippen LogP contribution is 2.20. The van der Waals surface area contributed by atoms with Crippen LogP contribution in [0.3, 0.4) is 0 Å². The molecule has 0 bridgehead atoms. The number of nitrogens with one attached hydrogen (secondary N) is 1. The molecule has 1 aromatic heterocycles. The van der Waals surface area contributed by atoms with Gasteiger partial charge in [0.25, 0.3) is 5.91 Å². The van der Waals surface area contributed by atoms with Crippen LogP contribution in [0.4, 0.5) is 5.82 Å². The molecule has 0 radical (unpaired) electrons. The van der Waals surface area contributed by atoms with Crippen LogP contribution in [0.15, 0.2) is 12.4 Å². The molecule has 1 aliphatic heterocycles. The maximum absolute atomic E-state index is 11.9. The summed E-state index contributed by atoms with van der Waals surface area (Å²) >= 11 is 0. The van der Waals surface area contributed by atoms with Crippen molar-refractivity contribution in [2.75, 3.05) is 31.9 Å². The van der Waals surface area contributed by atoms with Crippen LogP contribution in [0.2, 0.25) is 0 Å². The van der Waals surface area contributed by atoms with Gasteiger partial charge in [0, 0.05) is 38.6 Å². The number of aromatic nitrogens is 2. The molecule has 2 atom stereocenters. The van der Waals surface area contributed by atoms with Crippen LogP contribution in [0.25, 0.3) is 0 Å². The summed E-state index contributed by atoms with van der Waals surface area (Å²) < 4.78 is 0. The standard InChI is InChI=1S/C14H23N5O/c1-10-7-11(2)9-19(8-10)6-5-18-14(20)12-13(15)17-4-3-16-12/h3-4,10-11H,5-9H2,1-2H3,(H2,15,17)(H,18,20). The topological polar surface area (TPSA) is 84.1 Å². The molecule has 1 aliphatic rings. The minimum atomic E-state index is -0.256. The van der Waals surface area contributed by atoms with Crippen molar-refractivity contribution in [3.05, 3.63) is 18.1 Å². The number of nitrogen functional groups attached to an aromatic ring is 1. The Morgan fingerprint density at radius 1 is 1.35 bits per heavy atom. The summed E-state index contributed by atoms with van der Waals surface area (Å²) in [5.41, 5.74) is 5.83. The van der Waals surface area contributed by atoms with E-state index in [0.717, 1.165) is 31.5 Å². The van der Waals surface area contributed by atoms with Crippen LogP contribution in [0.1, 0.15) is 30.8 Å². The van der Waals surface area contributed by atoms with Crippen LogP contribution in [-0.4, -0.2) is 47.0 Å². The molecule has 0 aromatic carbocycles. The molecule has 2 heterocycles. The minimum Gasteiger partial charge on any atom is -0.382 e. The molecule has 1 aromatic rings. The average molecular weight is 277 g/mol. The van der Waals surface area contributed by atoms with Crippen molar-refractivity contribution < 1.29 is 4.79 Å². The molecule has 2 unspecified atom stereocenters. The van der Waals surface area contributed by atoms with Gasteiger partial charge in [-0.3, -0.25) is 4.79 Å². The fraction of sp³-hybridized carbons (Fsp3) is 0.643. The molecule has 2 rings (SSSR count). The second-order valence-corrected chi connectivity index (χ2v) is 5.75. The van der Waals surface area contributed by atoms with E-state index in [1.807, 2.05) is 0 Å². The quantitative estimate of drug-likeness (QED) is 0.849. The van der Waals surface area contributed by atoms with Crippen molar-refractivity contribution in [2.24, 2.45) is 11.8 Å². The Hall–Kier alpha value is -1.69. The Balaban J connectivity index is 1.78. The van der Waals surface area contributed by atoms with Gasteiger partial charge >= 0.3 is 0 Å². The zero-order valence-electron chi connectivity index (χ0n) is 12.2. The number of hydrogen-bond donors (Lipinski definition) is 2. The second-order valence-electron chi connectivity index (χ2n) is 5.75. The fourth-order valence-electron chi connectivity index (χ4n) is 2.91. The van der Waals surface area contributed by atoms with Crippen LogP contribution in [0.5, 0.6) is 0 Å². The third kappa shape index (κ3) is 3.90. The number of amides is 1. The normalized spacial score (nSPS) is 23.5. The van der Waals surface area contributed by atoms with Gasteiger partial charge in [-0.25, -0.2) is 9.97 Å². The molecule has 3 N–H and O–H groups in total. The average Bonchev–Trinajstić information content (AvgIpc) is 2.38. The van der Waals surface area contributed by atoms with E-state index in [4.69, 9.17) is 5.73 Å². The van der Waals surface area contributed by atoms with Gasteiger partial charge in [-0.15, -0.1) is 0 Å². The highest BCUT2D eigenvalue weighted by molar-refractivity contribution is 5.96. The highest BCUT2D eigenvalue weighted by atomic mass is 16.1. The van der Waals surface area contributed by atoms with E-state index in [2.05, 4.69) is 34.0 Å². The number of carbonyl (C=O) groups excluding carboxylic acids is 1. The van der Waals surface area contributed by atoms with Crippen molar-refractivity contribution >= 4 is 11.7 Å². The first kappa shape index (κ1) is 14.7. The van der Waals surface area contributed by atoms with Crippen LogP contribution in [0, 0.1) is 11.8 Å². The molecule has 6 heteroatoms. The summed E-state index contributed by atoms with van der Waals surface area (Å²) in [5, 5.41) is 2.85. The Morgan fingerprint density at radius 2 is 2.00 bits per heavy atom. The third-order valence-electron chi connectivity index (χ3n) is 3.60. The van der Waals surface area contributed by atoms with E-state index in [0.29, 0.717) is 6.54 Å². The lowest BCUT2D eigenvalue weighted by atomic mass is 9.92. The Morgan fingerprint density at radius 3 is 2.65 bits per heavy atom. The molecule has 110 valence electrons. The van der Waals surface area contributed by atoms with E-state index < -0.39 is 0 Å². The number of nitrogens with zero attached hydrogens (tertiary/aromatic N) is 3. The van der Waals surface area contributed by atoms with Gasteiger partial charge in [0.1, 0.15) is 0 Å². The van der Waals surface area contributed by atoms with E-state index in [-0.39, 0.29) is 17.4 Å². The van der Waals surface area contributed by atoms with Crippen LogP contribution < -0.4 is 11.1 Å². The van der Waals surface area contributed by atoms with Gasteiger partial charge in [-0.1, -0.05) is 13.8 Å². The maximum atomic E-state index is 11.9. The minimum absolute atomic E-state index is 0.171. The van der Waals surface area contributed by atoms with Gasteiger partial charge < -0.3 is 16.0 Å². The van der Waals surface area contributed by atoms with Gasteiger partial charge in [0.2, 0.25) is 0 Å². The van der Waals surface area contributed by atoms with Crippen LogP contribution in [-0.2, 0) is 0 Å². The van der Waals surface area contributed by atoms with E-state index in [1.54, 1.807) is 0 Å². The van der Waals surface area contributed by atoms with E-state index >= 15 is 0 Å². The first-order valence-corrected chi connectivity index (χ1v) is 7.13. The first-order valence-electron chi connectivity index (χ1n) is 7.13. The summed E-state index contributed by atoms with van der Waals surface area (Å²) in [4.78, 5) is 22.1. The van der Waals surface area contributed by atoms with Crippen molar-refractivity contribution in [3.63, 3.8) is 0 Å². The summed E-state index contributed by atoms with van der Waals surface area (Å²) in [6, 6.07) is 0. The summed E-state index contributed by atoms with van der Waals surface area (Å²) in [7, 11) is 0. The molecule has 6 nitrogen and oxygen atoms in total. The zero-order valence-corrected chi connectivity index (χ0v) is 12.2. The first-order chi connectivity index (χ1) is 9.56. The molecule has 20 heavy (non-hydrogen) atoms. The maximum Gasteiger partial charge on any atom is 0.273 e. The molecule has 0 aliphatic carbocycles. The van der Waals surface area contributed by atoms with Crippen LogP contribution >= 0.6 is 0 Å². The molecular formula is C14H23N5O. The molecule has 0 spiro atoms. The molecule has 0 saturated carbocycles. The molecule has 1 saturated heterocycles. The largest absolute Gasteiger partial charge is 0.382 e. The number of carbonyl (C=O) groups is 1. The Kier molecular flexibility index (Phi) is 4.89. The monoisotopic (exact) mass is 277 g/mol. The summed E-state index contributed by atoms with van der Waals surface area (Å²) in [5.74, 6) is 1.37. The third-order valence-corrected chi connectivity index (χ3v) is 3.60. The molecule has 1 amide bonds. The van der Waals surface area contributed by atoms with Gasteiger partial charge in [0.15, 0.2) is 11.5 Å². The lowest BCUT2D eigenvalue weighted by molar-refractivity contribution is 0.0932. The van der Waals surface area contributed by atoms with Gasteiger partial charge in [0.05, 0.1) is 0 Å². The number of anilines is 1. The van der Waals surface area contributed by atoms with Crippen molar-refractivity contribution in [1.82, 2.24) is 20.2 Å². The predicted molar refractivity (Wildman–Crippen MR) is 78.2 cm³/mol. The summed E-state index contributed by atoms with van der Waals surface area (Å²) in [6.07, 6.45) is 4.24. The van der Waals surface area contributed by atoms with Crippen molar-refractivity contribution in [1.29, 1.82) is 0 Å². The number of likely N-dealkylation sites (tertiary alicyclic amines) is 1. The van der Waals surface area contributed by atoms with Crippen molar-refractivity contribution in [2.45, 2.75) is 20.3 Å². The fourth-order valence-corrected chi connectivity index (χ4v) is 2.91. The van der Waals surface area contributed by atoms with Gasteiger partial charge in [-0.05, 0) is 18.3 Å². The van der Waals surface area contributed by atoms with Gasteiger partial charge in [-0.2, -0.15) is 0 Å². The highest BCUT2D eigenvalue weighted by Gasteiger charge is 2.21. The molecular weight excluding hydrogens is 254 g/mol. The molecule has 1 fully saturated rings. The van der Waals surface area contributed by atoms with Crippen molar-refractivity contribution in [3.8, 4) is 0 Å². The smallest absolute Gasteiger partial charge is 0.273 e. The SMILES string of the molecule is CC1CC(C)CN(CCNC(=O)c2nccnc2N)C1. The lowest BCUT2D eigenvalue weighted by Gasteiger charge is -2.34. The number of nitrogens with two attached hydrogens (primary N) is 1. The number of rotatable bonds is 4. The lowest BCUT2D eigenvalue weighted by Crippen LogP contribution is -2.43. The second kappa shape index (κ2) is 6.65. The summed E-state index contributed by atoms with van der Waals surface area (Å²) in [6.45, 7) is 8.23. The predicted octanol–water partition coefficient (Wildman–Crippen LogP) is 0.767. The number of hydrogen-bond acceptors (Lipinski definition) is 5. The Bertz CT molecular complexity index is 455. The van der Waals surface area contributed by atoms with E-state index in [9.17, 15) is 4.79 Å². The zero-order chi connectivity index (χ0) is 14.5. The number of piperidine rings is 1. The Labute approximate surface area is 119 Å².